The first kappa shape index (κ1) is 22.3. The van der Waals surface area contributed by atoms with Crippen molar-refractivity contribution in [3.05, 3.63) is 76.8 Å². The number of fused-ring (bicyclic) bond motifs is 2. The molecule has 0 radical (unpaired) electrons. The molecule has 3 aromatic carbocycles. The average molecular weight is 514 g/mol. The van der Waals surface area contributed by atoms with Gasteiger partial charge in [-0.15, -0.1) is 8.78 Å². The summed E-state index contributed by atoms with van der Waals surface area (Å²) < 4.78 is 46.9. The fraction of sp³-hybridized carbons (Fsp3) is 0.160. The highest BCUT2D eigenvalue weighted by Gasteiger charge is 2.43. The highest BCUT2D eigenvalue weighted by atomic mass is 35.5. The van der Waals surface area contributed by atoms with E-state index >= 15 is 0 Å². The summed E-state index contributed by atoms with van der Waals surface area (Å²) in [5.74, 6) is 1.02. The van der Waals surface area contributed by atoms with Gasteiger partial charge in [-0.25, -0.2) is 9.80 Å². The number of nitrogens with zero attached hydrogens (tertiary/aromatic N) is 1. The van der Waals surface area contributed by atoms with Crippen LogP contribution in [-0.2, 0) is 0 Å². The topological polar surface area (TPSA) is 81.3 Å². The van der Waals surface area contributed by atoms with Crippen molar-refractivity contribution < 1.29 is 32.5 Å². The van der Waals surface area contributed by atoms with Crippen molar-refractivity contribution >= 4 is 34.6 Å². The Hall–Kier alpha value is -4.18. The maximum atomic E-state index is 13.3. The van der Waals surface area contributed by atoms with Crippen molar-refractivity contribution in [2.75, 3.05) is 25.1 Å². The number of halogens is 3. The SMILES string of the molecule is O=C(Nc1ccc2c(c1)OC(F)(F)O2)N1CC(c2ccc3c(c2)OCCO3)=C(c2ccc(Cl)cc2)N1. The molecule has 184 valence electrons. The third-order valence-corrected chi connectivity index (χ3v) is 6.04. The van der Waals surface area contributed by atoms with E-state index in [1.807, 2.05) is 30.3 Å². The predicted octanol–water partition coefficient (Wildman–Crippen LogP) is 5.35. The van der Waals surface area contributed by atoms with Crippen LogP contribution >= 0.6 is 11.6 Å². The Labute approximate surface area is 208 Å². The van der Waals surface area contributed by atoms with Crippen molar-refractivity contribution in [2.24, 2.45) is 0 Å². The summed E-state index contributed by atoms with van der Waals surface area (Å²) in [5, 5.41) is 4.66. The molecule has 2 amide bonds. The van der Waals surface area contributed by atoms with Crippen molar-refractivity contribution in [3.8, 4) is 23.0 Å². The van der Waals surface area contributed by atoms with Crippen LogP contribution in [0.3, 0.4) is 0 Å². The van der Waals surface area contributed by atoms with Crippen molar-refractivity contribution in [3.63, 3.8) is 0 Å². The van der Waals surface area contributed by atoms with Gasteiger partial charge in [0.1, 0.15) is 13.2 Å². The van der Waals surface area contributed by atoms with Crippen LogP contribution in [0.5, 0.6) is 23.0 Å². The van der Waals surface area contributed by atoms with Crippen molar-refractivity contribution in [2.45, 2.75) is 6.29 Å². The predicted molar refractivity (Wildman–Crippen MR) is 127 cm³/mol. The van der Waals surface area contributed by atoms with E-state index in [0.717, 1.165) is 16.7 Å². The first-order chi connectivity index (χ1) is 17.3. The van der Waals surface area contributed by atoms with E-state index in [2.05, 4.69) is 20.2 Å². The number of amides is 2. The van der Waals surface area contributed by atoms with Crippen LogP contribution < -0.4 is 29.7 Å². The van der Waals surface area contributed by atoms with Gasteiger partial charge in [0.2, 0.25) is 0 Å². The third-order valence-electron chi connectivity index (χ3n) is 5.79. The van der Waals surface area contributed by atoms with E-state index in [4.69, 9.17) is 21.1 Å². The Morgan fingerprint density at radius 1 is 0.889 bits per heavy atom. The van der Waals surface area contributed by atoms with Crippen LogP contribution in [0, 0.1) is 0 Å². The van der Waals surface area contributed by atoms with E-state index in [1.54, 1.807) is 12.1 Å². The lowest BCUT2D eigenvalue weighted by atomic mass is 10.00. The smallest absolute Gasteiger partial charge is 0.486 e. The average Bonchev–Trinajstić information content (AvgIpc) is 3.44. The molecule has 0 aromatic heterocycles. The number of benzene rings is 3. The van der Waals surface area contributed by atoms with Gasteiger partial charge in [0.05, 0.1) is 12.2 Å². The summed E-state index contributed by atoms with van der Waals surface area (Å²) in [6.45, 7) is 1.15. The summed E-state index contributed by atoms with van der Waals surface area (Å²) in [4.78, 5) is 13.1. The highest BCUT2D eigenvalue weighted by Crippen LogP contribution is 2.42. The van der Waals surface area contributed by atoms with Crippen LogP contribution in [0.4, 0.5) is 19.3 Å². The normalized spacial score (nSPS) is 17.1. The largest absolute Gasteiger partial charge is 0.586 e. The van der Waals surface area contributed by atoms with Gasteiger partial charge in [-0.2, -0.15) is 0 Å². The van der Waals surface area contributed by atoms with Crippen LogP contribution in [0.25, 0.3) is 11.3 Å². The molecule has 6 rings (SSSR count). The van der Waals surface area contributed by atoms with Gasteiger partial charge in [0, 0.05) is 22.3 Å². The van der Waals surface area contributed by atoms with Gasteiger partial charge in [-0.05, 0) is 47.5 Å². The van der Waals surface area contributed by atoms with E-state index in [-0.39, 0.29) is 23.7 Å². The van der Waals surface area contributed by atoms with E-state index in [1.165, 1.54) is 23.2 Å². The number of alkyl halides is 2. The molecular weight excluding hydrogens is 496 g/mol. The van der Waals surface area contributed by atoms with Gasteiger partial charge < -0.3 is 24.3 Å². The molecule has 0 saturated carbocycles. The van der Waals surface area contributed by atoms with Gasteiger partial charge in [0.25, 0.3) is 0 Å². The molecule has 3 heterocycles. The van der Waals surface area contributed by atoms with Crippen LogP contribution in [0.15, 0.2) is 60.7 Å². The number of urea groups is 1. The molecule has 3 aromatic rings. The molecule has 8 nitrogen and oxygen atoms in total. The summed E-state index contributed by atoms with van der Waals surface area (Å²) in [5.41, 5.74) is 6.64. The number of hydrogen-bond donors (Lipinski definition) is 2. The van der Waals surface area contributed by atoms with E-state index in [9.17, 15) is 13.6 Å². The molecule has 3 aliphatic heterocycles. The number of carbonyl (C=O) groups is 1. The number of hydrogen-bond acceptors (Lipinski definition) is 6. The van der Waals surface area contributed by atoms with Gasteiger partial charge in [-0.3, -0.25) is 5.43 Å². The number of carbonyl (C=O) groups excluding carboxylic acids is 1. The zero-order chi connectivity index (χ0) is 24.9. The van der Waals surface area contributed by atoms with E-state index < -0.39 is 12.3 Å². The second kappa shape index (κ2) is 8.49. The van der Waals surface area contributed by atoms with Crippen molar-refractivity contribution in [1.29, 1.82) is 0 Å². The third kappa shape index (κ3) is 4.20. The minimum absolute atomic E-state index is 0.107. The molecule has 2 N–H and O–H groups in total. The molecule has 0 unspecified atom stereocenters. The highest BCUT2D eigenvalue weighted by molar-refractivity contribution is 6.30. The van der Waals surface area contributed by atoms with Crippen LogP contribution in [0.2, 0.25) is 5.02 Å². The molecule has 0 spiro atoms. The Morgan fingerprint density at radius 3 is 2.39 bits per heavy atom. The fourth-order valence-corrected chi connectivity index (χ4v) is 4.27. The minimum atomic E-state index is -3.74. The molecule has 0 fully saturated rings. The maximum Gasteiger partial charge on any atom is 0.586 e. The number of hydrazine groups is 1. The van der Waals surface area contributed by atoms with Gasteiger partial charge in [-0.1, -0.05) is 29.8 Å². The first-order valence-electron chi connectivity index (χ1n) is 11.0. The molecule has 0 saturated heterocycles. The molecule has 3 aliphatic rings. The van der Waals surface area contributed by atoms with Crippen LogP contribution in [-0.4, -0.2) is 37.1 Å². The minimum Gasteiger partial charge on any atom is -0.486 e. The Kier molecular flexibility index (Phi) is 5.26. The molecule has 36 heavy (non-hydrogen) atoms. The summed E-state index contributed by atoms with van der Waals surface area (Å²) >= 11 is 6.07. The maximum absolute atomic E-state index is 13.3. The molecule has 0 atom stereocenters. The number of anilines is 1. The first-order valence-corrected chi connectivity index (χ1v) is 11.4. The standard InChI is InChI=1S/C25H18ClF2N3O5/c26-16-4-1-14(2-5-16)23-18(15-3-7-19-21(11-15)34-10-9-33-19)13-31(30-23)24(32)29-17-6-8-20-22(12-17)36-25(27,28)35-20/h1-8,11-12,30H,9-10,13H2,(H,29,32). The Balaban J connectivity index is 1.27. The second-order valence-corrected chi connectivity index (χ2v) is 8.61. The lowest BCUT2D eigenvalue weighted by molar-refractivity contribution is -0.286. The summed E-state index contributed by atoms with van der Waals surface area (Å²) in [7, 11) is 0. The molecular formula is C25H18ClF2N3O5. The quantitative estimate of drug-likeness (QED) is 0.491. The fourth-order valence-electron chi connectivity index (χ4n) is 4.14. The zero-order valence-electron chi connectivity index (χ0n) is 18.5. The zero-order valence-corrected chi connectivity index (χ0v) is 19.3. The number of nitrogens with one attached hydrogen (secondary N) is 2. The monoisotopic (exact) mass is 513 g/mol. The molecule has 11 heteroatoms. The number of rotatable bonds is 3. The lowest BCUT2D eigenvalue weighted by Crippen LogP contribution is -2.40. The molecule has 0 bridgehead atoms. The summed E-state index contributed by atoms with van der Waals surface area (Å²) in [6.07, 6.45) is -3.74. The lowest BCUT2D eigenvalue weighted by Gasteiger charge is -2.20. The number of ether oxygens (including phenoxy) is 4. The van der Waals surface area contributed by atoms with Crippen LogP contribution in [0.1, 0.15) is 11.1 Å². The molecule has 0 aliphatic carbocycles. The van der Waals surface area contributed by atoms with Gasteiger partial charge >= 0.3 is 12.3 Å². The summed E-state index contributed by atoms with van der Waals surface area (Å²) in [6, 6.07) is 16.4. The Bertz CT molecular complexity index is 1400. The van der Waals surface area contributed by atoms with E-state index in [0.29, 0.717) is 35.4 Å². The van der Waals surface area contributed by atoms with Crippen molar-refractivity contribution in [1.82, 2.24) is 10.4 Å². The van der Waals surface area contributed by atoms with Gasteiger partial charge in [0.15, 0.2) is 23.0 Å². The second-order valence-electron chi connectivity index (χ2n) is 8.18. The Morgan fingerprint density at radius 2 is 1.58 bits per heavy atom.